The van der Waals surface area contributed by atoms with Crippen LogP contribution in [0.1, 0.15) is 119 Å². The molecule has 6 rings (SSSR count). The highest BCUT2D eigenvalue weighted by atomic mass is 16.7. The van der Waals surface area contributed by atoms with Gasteiger partial charge in [0, 0.05) is 12.0 Å². The average Bonchev–Trinajstić information content (AvgIpc) is 3.10. The summed E-state index contributed by atoms with van der Waals surface area (Å²) in [6, 6.07) is 0. The van der Waals surface area contributed by atoms with Gasteiger partial charge in [-0.2, -0.15) is 0 Å². The first-order chi connectivity index (χ1) is 24.3. The van der Waals surface area contributed by atoms with Crippen molar-refractivity contribution in [3.63, 3.8) is 0 Å². The van der Waals surface area contributed by atoms with E-state index in [0.29, 0.717) is 44.9 Å². The van der Waals surface area contributed by atoms with Crippen molar-refractivity contribution in [2.45, 2.75) is 162 Å². The second kappa shape index (κ2) is 14.1. The molecule has 6 aliphatic rings. The maximum absolute atomic E-state index is 13.5. The summed E-state index contributed by atoms with van der Waals surface area (Å²) in [7, 11) is 0. The predicted molar refractivity (Wildman–Crippen MR) is 193 cm³/mol. The van der Waals surface area contributed by atoms with Gasteiger partial charge in [0.25, 0.3) is 0 Å². The number of carbonyl (C=O) groups is 1. The molecular formula is C41H68O11. The van der Waals surface area contributed by atoms with Crippen LogP contribution in [0.4, 0.5) is 0 Å². The summed E-state index contributed by atoms with van der Waals surface area (Å²) >= 11 is 0. The normalized spacial score (nSPS) is 52.4. The third kappa shape index (κ3) is 5.72. The second-order valence-electron chi connectivity index (χ2n) is 19.4. The van der Waals surface area contributed by atoms with Crippen LogP contribution in [0.25, 0.3) is 0 Å². The SMILES string of the molecule is CCCCC[C@H]1C[C@@]2(C(=O)O)CC[C@](C)(CO)C[C@H]2C2=CC[C@@H]3[C@@]4(C)C[C@@H](O)[C@@H](O[C@@H]5OC[C@@H](O)[C@H](O)[C@H]5O)[C@@](C)([C@H](O)CO)[C@H]4CC[C@@]3(C)[C@@]21C. The fourth-order valence-electron chi connectivity index (χ4n) is 13.7. The lowest BCUT2D eigenvalue weighted by Gasteiger charge is -2.73. The summed E-state index contributed by atoms with van der Waals surface area (Å²) in [6.45, 7) is 12.4. The Hall–Kier alpha value is -1.15. The molecule has 11 nitrogen and oxygen atoms in total. The summed E-state index contributed by atoms with van der Waals surface area (Å²) in [6.07, 6.45) is 2.33. The van der Waals surface area contributed by atoms with E-state index < -0.39 is 71.7 Å². The zero-order chi connectivity index (χ0) is 38.2. The van der Waals surface area contributed by atoms with Gasteiger partial charge in [-0.05, 0) is 103 Å². The molecule has 298 valence electrons. The Bertz CT molecular complexity index is 1360. The lowest BCUT2D eigenvalue weighted by atomic mass is 9.31. The van der Waals surface area contributed by atoms with Crippen LogP contribution in [0, 0.1) is 56.2 Å². The fourth-order valence-corrected chi connectivity index (χ4v) is 13.7. The van der Waals surface area contributed by atoms with E-state index in [1.54, 1.807) is 0 Å². The van der Waals surface area contributed by atoms with Gasteiger partial charge in [0.15, 0.2) is 6.29 Å². The van der Waals surface area contributed by atoms with Gasteiger partial charge in [-0.3, -0.25) is 4.79 Å². The Labute approximate surface area is 309 Å². The zero-order valence-corrected chi connectivity index (χ0v) is 32.3. The molecule has 5 aliphatic carbocycles. The first-order valence-electron chi connectivity index (χ1n) is 20.2. The molecule has 0 radical (unpaired) electrons. The summed E-state index contributed by atoms with van der Waals surface area (Å²) in [5, 5.41) is 87.1. The lowest BCUT2D eigenvalue weighted by molar-refractivity contribution is -0.336. The number of hydrogen-bond donors (Lipinski definition) is 8. The number of carboxylic acids is 1. The van der Waals surface area contributed by atoms with Gasteiger partial charge in [0.1, 0.15) is 18.3 Å². The van der Waals surface area contributed by atoms with Crippen LogP contribution >= 0.6 is 0 Å². The predicted octanol–water partition coefficient (Wildman–Crippen LogP) is 3.78. The molecule has 0 unspecified atom stereocenters. The molecule has 0 aromatic heterocycles. The fraction of sp³-hybridized carbons (Fsp3) is 0.927. The summed E-state index contributed by atoms with van der Waals surface area (Å²) in [5.74, 6) is -0.918. The highest BCUT2D eigenvalue weighted by Gasteiger charge is 2.73. The maximum Gasteiger partial charge on any atom is 0.310 e. The van der Waals surface area contributed by atoms with Crippen LogP contribution in [0.5, 0.6) is 0 Å². The van der Waals surface area contributed by atoms with E-state index in [4.69, 9.17) is 9.47 Å². The smallest absolute Gasteiger partial charge is 0.310 e. The van der Waals surface area contributed by atoms with Crippen molar-refractivity contribution in [3.8, 4) is 0 Å². The molecular weight excluding hydrogens is 668 g/mol. The molecule has 17 atom stereocenters. The summed E-state index contributed by atoms with van der Waals surface area (Å²) in [4.78, 5) is 13.5. The van der Waals surface area contributed by atoms with Crippen LogP contribution < -0.4 is 0 Å². The highest BCUT2D eigenvalue weighted by Crippen LogP contribution is 2.77. The number of rotatable bonds is 10. The topological polar surface area (TPSA) is 197 Å². The number of ether oxygens (including phenoxy) is 2. The van der Waals surface area contributed by atoms with E-state index in [1.165, 1.54) is 5.57 Å². The molecule has 0 spiro atoms. The molecule has 0 amide bonds. The van der Waals surface area contributed by atoms with E-state index in [2.05, 4.69) is 40.7 Å². The number of carboxylic acid groups (broad SMARTS) is 1. The Morgan fingerprint density at radius 2 is 1.65 bits per heavy atom. The Morgan fingerprint density at radius 3 is 2.29 bits per heavy atom. The molecule has 5 fully saturated rings. The minimum Gasteiger partial charge on any atom is -0.481 e. The minimum absolute atomic E-state index is 0.0259. The Kier molecular flexibility index (Phi) is 11.0. The number of fused-ring (bicyclic) bond motifs is 7. The van der Waals surface area contributed by atoms with Gasteiger partial charge < -0.3 is 50.3 Å². The number of aliphatic carboxylic acids is 1. The molecule has 0 bridgehead atoms. The van der Waals surface area contributed by atoms with Crippen LogP contribution in [-0.2, 0) is 14.3 Å². The van der Waals surface area contributed by atoms with E-state index in [0.717, 1.165) is 32.1 Å². The van der Waals surface area contributed by atoms with Gasteiger partial charge in [-0.1, -0.05) is 72.5 Å². The number of hydrogen-bond acceptors (Lipinski definition) is 10. The van der Waals surface area contributed by atoms with Crippen molar-refractivity contribution in [2.24, 2.45) is 56.2 Å². The van der Waals surface area contributed by atoms with Crippen molar-refractivity contribution in [2.75, 3.05) is 19.8 Å². The van der Waals surface area contributed by atoms with Crippen molar-refractivity contribution in [1.82, 2.24) is 0 Å². The van der Waals surface area contributed by atoms with Crippen LogP contribution in [0.2, 0.25) is 0 Å². The molecule has 0 aromatic rings. The van der Waals surface area contributed by atoms with Gasteiger partial charge in [0.2, 0.25) is 0 Å². The van der Waals surface area contributed by atoms with Crippen LogP contribution in [-0.4, -0.2) is 110 Å². The molecule has 8 N–H and O–H groups in total. The third-order valence-electron chi connectivity index (χ3n) is 17.0. The van der Waals surface area contributed by atoms with E-state index in [1.807, 2.05) is 6.92 Å². The largest absolute Gasteiger partial charge is 0.481 e. The van der Waals surface area contributed by atoms with E-state index in [9.17, 15) is 45.6 Å². The number of allylic oxidation sites excluding steroid dienone is 2. The maximum atomic E-state index is 13.5. The zero-order valence-electron chi connectivity index (χ0n) is 32.3. The van der Waals surface area contributed by atoms with Crippen LogP contribution in [0.15, 0.2) is 11.6 Å². The first kappa shape index (κ1) is 40.5. The molecule has 1 heterocycles. The number of aliphatic hydroxyl groups excluding tert-OH is 7. The molecule has 0 aromatic carbocycles. The molecule has 52 heavy (non-hydrogen) atoms. The summed E-state index contributed by atoms with van der Waals surface area (Å²) in [5.41, 5.74) is -2.28. The van der Waals surface area contributed by atoms with Gasteiger partial charge in [0.05, 0.1) is 36.9 Å². The minimum atomic E-state index is -1.57. The van der Waals surface area contributed by atoms with Crippen molar-refractivity contribution in [3.05, 3.63) is 11.6 Å². The molecule has 4 saturated carbocycles. The van der Waals surface area contributed by atoms with Gasteiger partial charge in [-0.15, -0.1) is 0 Å². The standard InChI is InChI=1S/C41H68O11/c1-7-8-9-10-23-17-41(35(49)50)16-15-36(2,22-43)18-25(41)24-11-12-28-37(3)19-26(44)33(52-34-32(48)31(47)27(45)21-51-34)39(5,30(46)20-42)29(37)13-14-38(28,4)40(23,24)6/h11,23,25-34,42-48H,7-10,12-22H2,1-6H3,(H,49,50)/t23-,25-,26+,27+,28+,29-,30+,31-,32+,33+,34-,36-,37+,38+,39+,40+,41-/m0/s1. The van der Waals surface area contributed by atoms with Gasteiger partial charge in [-0.25, -0.2) is 0 Å². The average molecular weight is 737 g/mol. The van der Waals surface area contributed by atoms with Crippen molar-refractivity contribution in [1.29, 1.82) is 0 Å². The third-order valence-corrected chi connectivity index (χ3v) is 17.0. The van der Waals surface area contributed by atoms with E-state index in [-0.39, 0.29) is 53.1 Å². The monoisotopic (exact) mass is 736 g/mol. The van der Waals surface area contributed by atoms with E-state index >= 15 is 0 Å². The summed E-state index contributed by atoms with van der Waals surface area (Å²) < 4.78 is 11.9. The van der Waals surface area contributed by atoms with Crippen molar-refractivity contribution < 1.29 is 55.1 Å². The number of aliphatic hydroxyl groups is 7. The Morgan fingerprint density at radius 1 is 0.942 bits per heavy atom. The Balaban J connectivity index is 1.43. The molecule has 1 aliphatic heterocycles. The quantitative estimate of drug-likeness (QED) is 0.0924. The van der Waals surface area contributed by atoms with Crippen molar-refractivity contribution >= 4 is 5.97 Å². The molecule has 1 saturated heterocycles. The highest BCUT2D eigenvalue weighted by molar-refractivity contribution is 5.77. The number of unbranched alkanes of at least 4 members (excludes halogenated alkanes) is 2. The molecule has 11 heteroatoms. The van der Waals surface area contributed by atoms with Gasteiger partial charge >= 0.3 is 5.97 Å². The lowest BCUT2D eigenvalue weighted by Crippen LogP contribution is -2.71. The van der Waals surface area contributed by atoms with Crippen LogP contribution in [0.3, 0.4) is 0 Å². The first-order valence-corrected chi connectivity index (χ1v) is 20.2. The second-order valence-corrected chi connectivity index (χ2v) is 19.4.